The molecular weight excluding hydrogens is 737 g/mol. The summed E-state index contributed by atoms with van der Waals surface area (Å²) in [7, 11) is 1.89. The number of rotatable bonds is 39. The first-order valence-corrected chi connectivity index (χ1v) is 24.7. The van der Waals surface area contributed by atoms with Crippen molar-refractivity contribution in [1.29, 1.82) is 0 Å². The first-order valence-electron chi connectivity index (χ1n) is 24.7. The van der Waals surface area contributed by atoms with Crippen molar-refractivity contribution in [2.75, 3.05) is 33.3 Å². The standard InChI is InChI=1S/C32H52N2O3.C18H38O.CH2O2/c1-2-3-4-5-6-7-8-9-10-11-14-19-24-33(25-20-15-12-13-16-21-28-35)26-27-34-31(36)29-22-17-18-23-30(29)32(34)37;1-4-6-8-10-12-14-16-18(19-3)17-15-13-11-9-7-5-2;2-1-3/h17-18,22-23,28H,2-16,19-21,24-27H2,1H3;18H,4-17H2,1-3H3;1H,(H,2,3). The highest BCUT2D eigenvalue weighted by Gasteiger charge is 2.34. The van der Waals surface area contributed by atoms with E-state index in [1.807, 2.05) is 19.2 Å². The molecular formula is C51H92N2O6. The van der Waals surface area contributed by atoms with Gasteiger partial charge in [0.05, 0.1) is 17.2 Å². The Bertz CT molecular complexity index is 1060. The van der Waals surface area contributed by atoms with Crippen LogP contribution in [0.25, 0.3) is 0 Å². The van der Waals surface area contributed by atoms with Crippen LogP contribution in [0.4, 0.5) is 0 Å². The summed E-state index contributed by atoms with van der Waals surface area (Å²) in [6.07, 6.45) is 43.2. The lowest BCUT2D eigenvalue weighted by atomic mass is 10.0. The van der Waals surface area contributed by atoms with Gasteiger partial charge in [-0.1, -0.05) is 200 Å². The summed E-state index contributed by atoms with van der Waals surface area (Å²) in [5.41, 5.74) is 1.07. The van der Waals surface area contributed by atoms with Gasteiger partial charge in [0.25, 0.3) is 18.3 Å². The molecule has 0 unspecified atom stereocenters. The van der Waals surface area contributed by atoms with Crippen LogP contribution < -0.4 is 0 Å². The average molecular weight is 829 g/mol. The zero-order valence-corrected chi connectivity index (χ0v) is 38.9. The van der Waals surface area contributed by atoms with E-state index in [4.69, 9.17) is 14.6 Å². The lowest BCUT2D eigenvalue weighted by Crippen LogP contribution is -2.39. The molecule has 1 aromatic carbocycles. The van der Waals surface area contributed by atoms with Crippen LogP contribution in [-0.2, 0) is 14.3 Å². The van der Waals surface area contributed by atoms with Gasteiger partial charge in [-0.15, -0.1) is 0 Å². The van der Waals surface area contributed by atoms with Crippen molar-refractivity contribution in [3.05, 3.63) is 35.4 Å². The number of amides is 2. The fourth-order valence-electron chi connectivity index (χ4n) is 7.97. The smallest absolute Gasteiger partial charge is 0.290 e. The molecule has 1 heterocycles. The van der Waals surface area contributed by atoms with Gasteiger partial charge in [0.2, 0.25) is 0 Å². The highest BCUT2D eigenvalue weighted by molar-refractivity contribution is 6.21. The van der Waals surface area contributed by atoms with Crippen LogP contribution in [-0.4, -0.2) is 78.9 Å². The Morgan fingerprint density at radius 1 is 0.542 bits per heavy atom. The van der Waals surface area contributed by atoms with Crippen LogP contribution in [0.3, 0.4) is 0 Å². The molecule has 2 rings (SSSR count). The van der Waals surface area contributed by atoms with E-state index in [1.165, 1.54) is 185 Å². The summed E-state index contributed by atoms with van der Waals surface area (Å²) in [6.45, 7) is 9.83. The number of unbranched alkanes of at least 4 members (excludes halogenated alkanes) is 26. The van der Waals surface area contributed by atoms with Gasteiger partial charge in [0, 0.05) is 26.6 Å². The predicted molar refractivity (Wildman–Crippen MR) is 249 cm³/mol. The third-order valence-electron chi connectivity index (χ3n) is 11.7. The fourth-order valence-corrected chi connectivity index (χ4v) is 7.97. The van der Waals surface area contributed by atoms with Gasteiger partial charge in [-0.25, -0.2) is 0 Å². The number of hydrogen-bond donors (Lipinski definition) is 1. The van der Waals surface area contributed by atoms with Gasteiger partial charge in [-0.05, 0) is 57.3 Å². The van der Waals surface area contributed by atoms with E-state index in [0.717, 1.165) is 45.2 Å². The highest BCUT2D eigenvalue weighted by atomic mass is 16.5. The van der Waals surface area contributed by atoms with Crippen molar-refractivity contribution in [1.82, 2.24) is 9.80 Å². The predicted octanol–water partition coefficient (Wildman–Crippen LogP) is 14.0. The number of methoxy groups -OCH3 is 1. The molecule has 1 aliphatic rings. The van der Waals surface area contributed by atoms with E-state index in [9.17, 15) is 14.4 Å². The number of carboxylic acid groups (broad SMARTS) is 1. The molecule has 0 saturated carbocycles. The molecule has 2 amide bonds. The van der Waals surface area contributed by atoms with Gasteiger partial charge in [-0.3, -0.25) is 19.3 Å². The first kappa shape index (κ1) is 56.4. The maximum absolute atomic E-state index is 12.7. The maximum Gasteiger partial charge on any atom is 0.290 e. The van der Waals surface area contributed by atoms with Crippen molar-refractivity contribution in [3.63, 3.8) is 0 Å². The highest BCUT2D eigenvalue weighted by Crippen LogP contribution is 2.22. The number of ether oxygens (including phenoxy) is 1. The molecule has 0 bridgehead atoms. The van der Waals surface area contributed by atoms with Crippen LogP contribution in [0, 0.1) is 0 Å². The molecule has 0 radical (unpaired) electrons. The Kier molecular flexibility index (Phi) is 41.6. The van der Waals surface area contributed by atoms with Crippen molar-refractivity contribution in [3.8, 4) is 0 Å². The van der Waals surface area contributed by atoms with Crippen molar-refractivity contribution in [2.45, 2.75) is 232 Å². The zero-order valence-electron chi connectivity index (χ0n) is 38.9. The Morgan fingerprint density at radius 3 is 1.24 bits per heavy atom. The number of fused-ring (bicyclic) bond motifs is 1. The molecule has 0 aromatic heterocycles. The summed E-state index contributed by atoms with van der Waals surface area (Å²) in [4.78, 5) is 48.2. The molecule has 0 aliphatic carbocycles. The molecule has 0 spiro atoms. The molecule has 0 atom stereocenters. The number of hydrogen-bond acceptors (Lipinski definition) is 6. The Morgan fingerprint density at radius 2 is 0.881 bits per heavy atom. The van der Waals surface area contributed by atoms with Crippen LogP contribution in [0.2, 0.25) is 0 Å². The normalized spacial score (nSPS) is 12.1. The zero-order chi connectivity index (χ0) is 43.4. The topological polar surface area (TPSA) is 104 Å². The monoisotopic (exact) mass is 829 g/mol. The Balaban J connectivity index is 0.00000128. The van der Waals surface area contributed by atoms with Gasteiger partial charge in [-0.2, -0.15) is 0 Å². The number of carbonyl (C=O) groups excluding carboxylic acids is 3. The number of imide groups is 1. The van der Waals surface area contributed by atoms with E-state index in [0.29, 0.717) is 30.2 Å². The minimum atomic E-state index is -0.250. The van der Waals surface area contributed by atoms with Crippen molar-refractivity contribution < 1.29 is 29.0 Å². The van der Waals surface area contributed by atoms with E-state index in [2.05, 4.69) is 25.7 Å². The molecule has 0 fully saturated rings. The lowest BCUT2D eigenvalue weighted by Gasteiger charge is -2.25. The van der Waals surface area contributed by atoms with E-state index >= 15 is 0 Å². The molecule has 59 heavy (non-hydrogen) atoms. The molecule has 0 saturated heterocycles. The second-order valence-electron chi connectivity index (χ2n) is 16.8. The summed E-state index contributed by atoms with van der Waals surface area (Å²) in [5.74, 6) is -0.304. The molecule has 342 valence electrons. The first-order chi connectivity index (χ1) is 28.9. The number of benzene rings is 1. The SMILES string of the molecule is CCCCCCCCC(CCCCCCCC)OC.CCCCCCCCCCCCCCN(CCCCCCCC=O)CCN1C(=O)c2ccccc2C1=O.O=CO. The maximum atomic E-state index is 12.7. The minimum absolute atomic E-state index is 0.152. The van der Waals surface area contributed by atoms with Crippen LogP contribution in [0.1, 0.15) is 247 Å². The van der Waals surface area contributed by atoms with E-state index in [1.54, 1.807) is 12.1 Å². The van der Waals surface area contributed by atoms with Gasteiger partial charge in [0.15, 0.2) is 0 Å². The average Bonchev–Trinajstić information content (AvgIpc) is 3.49. The Hall–Kier alpha value is -2.58. The van der Waals surface area contributed by atoms with Crippen LogP contribution in [0.15, 0.2) is 24.3 Å². The second kappa shape index (κ2) is 43.5. The second-order valence-corrected chi connectivity index (χ2v) is 16.8. The third-order valence-corrected chi connectivity index (χ3v) is 11.7. The minimum Gasteiger partial charge on any atom is -0.483 e. The quantitative estimate of drug-likeness (QED) is 0.0400. The van der Waals surface area contributed by atoms with Crippen molar-refractivity contribution in [2.24, 2.45) is 0 Å². The molecule has 8 heteroatoms. The summed E-state index contributed by atoms with van der Waals surface area (Å²) >= 11 is 0. The van der Waals surface area contributed by atoms with E-state index < -0.39 is 0 Å². The molecule has 8 nitrogen and oxygen atoms in total. The molecule has 1 aliphatic heterocycles. The van der Waals surface area contributed by atoms with Gasteiger partial charge < -0.3 is 19.5 Å². The van der Waals surface area contributed by atoms with Crippen LogP contribution in [0.5, 0.6) is 0 Å². The van der Waals surface area contributed by atoms with Gasteiger partial charge in [0.1, 0.15) is 6.29 Å². The molecule has 1 aromatic rings. The summed E-state index contributed by atoms with van der Waals surface area (Å²) in [6, 6.07) is 7.15. The lowest BCUT2D eigenvalue weighted by molar-refractivity contribution is -0.122. The number of aldehydes is 1. The largest absolute Gasteiger partial charge is 0.483 e. The number of nitrogens with zero attached hydrogens (tertiary/aromatic N) is 2. The van der Waals surface area contributed by atoms with Crippen molar-refractivity contribution >= 4 is 24.6 Å². The molecule has 1 N–H and O–H groups in total. The van der Waals surface area contributed by atoms with E-state index in [-0.39, 0.29) is 18.3 Å². The summed E-state index contributed by atoms with van der Waals surface area (Å²) < 4.78 is 5.61. The Labute approximate surface area is 363 Å². The third kappa shape index (κ3) is 31.9. The van der Waals surface area contributed by atoms with Gasteiger partial charge >= 0.3 is 0 Å². The fraction of sp³-hybridized carbons (Fsp3) is 0.804. The van der Waals surface area contributed by atoms with Crippen LogP contribution >= 0.6 is 0 Å². The summed E-state index contributed by atoms with van der Waals surface area (Å²) in [5, 5.41) is 6.89. The number of carbonyl (C=O) groups is 4.